The fourth-order valence-electron chi connectivity index (χ4n) is 3.01. The quantitative estimate of drug-likeness (QED) is 0.394. The monoisotopic (exact) mass is 430 g/mol. The molecule has 0 spiro atoms. The molecule has 164 valence electrons. The van der Waals surface area contributed by atoms with E-state index in [9.17, 15) is 14.4 Å². The molecule has 0 saturated carbocycles. The maximum atomic E-state index is 12.3. The van der Waals surface area contributed by atoms with Gasteiger partial charge in [-0.1, -0.05) is 37.3 Å². The molecule has 3 aromatic carbocycles. The summed E-state index contributed by atoms with van der Waals surface area (Å²) in [6.45, 7) is 1.98. The zero-order valence-electron chi connectivity index (χ0n) is 17.9. The molecular formula is C25H26N4O3. The van der Waals surface area contributed by atoms with Crippen molar-refractivity contribution in [3.05, 3.63) is 84.4 Å². The Hall–Kier alpha value is -4.13. The minimum atomic E-state index is -0.235. The van der Waals surface area contributed by atoms with E-state index in [1.165, 1.54) is 0 Å². The van der Waals surface area contributed by atoms with Gasteiger partial charge in [0, 0.05) is 34.7 Å². The van der Waals surface area contributed by atoms with Crippen LogP contribution in [-0.4, -0.2) is 24.3 Å². The molecule has 3 amide bonds. The Morgan fingerprint density at radius 1 is 0.656 bits per heavy atom. The molecule has 0 aliphatic rings. The van der Waals surface area contributed by atoms with Gasteiger partial charge in [-0.2, -0.15) is 0 Å². The van der Waals surface area contributed by atoms with E-state index in [0.29, 0.717) is 34.7 Å². The molecule has 0 aliphatic heterocycles. The fourth-order valence-corrected chi connectivity index (χ4v) is 3.01. The minimum Gasteiger partial charge on any atom is -0.376 e. The van der Waals surface area contributed by atoms with Crippen LogP contribution in [0.1, 0.15) is 30.1 Å². The van der Waals surface area contributed by atoms with E-state index in [4.69, 9.17) is 0 Å². The van der Waals surface area contributed by atoms with Crippen molar-refractivity contribution in [2.45, 2.75) is 19.8 Å². The first-order valence-corrected chi connectivity index (χ1v) is 10.4. The van der Waals surface area contributed by atoms with Crippen molar-refractivity contribution in [3.63, 3.8) is 0 Å². The van der Waals surface area contributed by atoms with Gasteiger partial charge >= 0.3 is 0 Å². The molecule has 0 heterocycles. The summed E-state index contributed by atoms with van der Waals surface area (Å²) in [6, 6.07) is 23.1. The first-order valence-electron chi connectivity index (χ1n) is 10.4. The number of hydrogen-bond acceptors (Lipinski definition) is 4. The number of rotatable bonds is 9. The van der Waals surface area contributed by atoms with Crippen LogP contribution in [0.25, 0.3) is 0 Å². The molecule has 0 radical (unpaired) electrons. The van der Waals surface area contributed by atoms with E-state index in [1.807, 2.05) is 19.1 Å². The van der Waals surface area contributed by atoms with Gasteiger partial charge in [0.25, 0.3) is 5.91 Å². The molecule has 0 saturated heterocycles. The lowest BCUT2D eigenvalue weighted by Crippen LogP contribution is -2.22. The lowest BCUT2D eigenvalue weighted by atomic mass is 10.2. The van der Waals surface area contributed by atoms with E-state index in [-0.39, 0.29) is 24.3 Å². The highest BCUT2D eigenvalue weighted by atomic mass is 16.2. The molecule has 0 unspecified atom stereocenters. The van der Waals surface area contributed by atoms with Crippen LogP contribution >= 0.6 is 0 Å². The lowest BCUT2D eigenvalue weighted by molar-refractivity contribution is -0.116. The number of carbonyl (C=O) groups excluding carboxylic acids is 3. The van der Waals surface area contributed by atoms with Crippen molar-refractivity contribution in [2.24, 2.45) is 0 Å². The number of carbonyl (C=O) groups is 3. The number of amides is 3. The molecule has 3 rings (SSSR count). The second kappa shape index (κ2) is 11.3. The zero-order valence-corrected chi connectivity index (χ0v) is 17.9. The second-order valence-corrected chi connectivity index (χ2v) is 7.18. The number of hydrogen-bond donors (Lipinski definition) is 4. The highest BCUT2D eigenvalue weighted by Crippen LogP contribution is 2.17. The summed E-state index contributed by atoms with van der Waals surface area (Å²) in [7, 11) is 0. The molecule has 7 nitrogen and oxygen atoms in total. The Labute approximate surface area is 187 Å². The van der Waals surface area contributed by atoms with Crippen LogP contribution in [-0.2, 0) is 9.59 Å². The Morgan fingerprint density at radius 2 is 1.22 bits per heavy atom. The summed E-state index contributed by atoms with van der Waals surface area (Å²) in [5.74, 6) is -0.496. The summed E-state index contributed by atoms with van der Waals surface area (Å²) in [5, 5.41) is 11.5. The predicted molar refractivity (Wildman–Crippen MR) is 128 cm³/mol. The zero-order chi connectivity index (χ0) is 22.8. The summed E-state index contributed by atoms with van der Waals surface area (Å²) in [5.41, 5.74) is 3.12. The normalized spacial score (nSPS) is 10.2. The maximum Gasteiger partial charge on any atom is 0.255 e. The summed E-state index contributed by atoms with van der Waals surface area (Å²) >= 11 is 0. The molecule has 3 aromatic rings. The fraction of sp³-hybridized carbons (Fsp3) is 0.160. The van der Waals surface area contributed by atoms with E-state index in [0.717, 1.165) is 6.42 Å². The second-order valence-electron chi connectivity index (χ2n) is 7.18. The summed E-state index contributed by atoms with van der Waals surface area (Å²) < 4.78 is 0. The topological polar surface area (TPSA) is 99.3 Å². The van der Waals surface area contributed by atoms with Gasteiger partial charge in [-0.05, 0) is 55.0 Å². The van der Waals surface area contributed by atoms with Crippen molar-refractivity contribution >= 4 is 40.5 Å². The van der Waals surface area contributed by atoms with Crippen molar-refractivity contribution < 1.29 is 14.4 Å². The SMILES string of the molecule is CCCC(=O)Nc1cccc(NC(=O)CNc2cccc(NC(=O)c3ccccc3)c2)c1. The predicted octanol–water partition coefficient (Wildman–Crippen LogP) is 4.73. The highest BCUT2D eigenvalue weighted by molar-refractivity contribution is 6.04. The van der Waals surface area contributed by atoms with Crippen LogP contribution in [0.2, 0.25) is 0 Å². The van der Waals surface area contributed by atoms with Gasteiger partial charge in [-0.15, -0.1) is 0 Å². The van der Waals surface area contributed by atoms with Crippen molar-refractivity contribution in [3.8, 4) is 0 Å². The van der Waals surface area contributed by atoms with Gasteiger partial charge < -0.3 is 21.3 Å². The first kappa shape index (κ1) is 22.6. The number of anilines is 4. The Kier molecular flexibility index (Phi) is 7.97. The number of benzene rings is 3. The van der Waals surface area contributed by atoms with Crippen LogP contribution in [0.15, 0.2) is 78.9 Å². The average Bonchev–Trinajstić information content (AvgIpc) is 2.79. The largest absolute Gasteiger partial charge is 0.376 e. The molecule has 7 heteroatoms. The van der Waals surface area contributed by atoms with E-state index >= 15 is 0 Å². The Bertz CT molecular complexity index is 1080. The van der Waals surface area contributed by atoms with E-state index < -0.39 is 0 Å². The molecule has 0 atom stereocenters. The van der Waals surface area contributed by atoms with Crippen LogP contribution in [0.4, 0.5) is 22.7 Å². The van der Waals surface area contributed by atoms with Crippen LogP contribution in [0.5, 0.6) is 0 Å². The van der Waals surface area contributed by atoms with Gasteiger partial charge in [0.15, 0.2) is 0 Å². The molecule has 32 heavy (non-hydrogen) atoms. The van der Waals surface area contributed by atoms with Crippen molar-refractivity contribution in [2.75, 3.05) is 27.8 Å². The highest BCUT2D eigenvalue weighted by Gasteiger charge is 2.07. The standard InChI is InChI=1S/C25H26N4O3/c1-2-8-23(30)27-20-12-7-13-21(16-20)28-24(31)17-26-19-11-6-14-22(15-19)29-25(32)18-9-4-3-5-10-18/h3-7,9-16,26H,2,8,17H2,1H3,(H,27,30)(H,28,31)(H,29,32). The van der Waals surface area contributed by atoms with Gasteiger partial charge in [0.1, 0.15) is 0 Å². The van der Waals surface area contributed by atoms with E-state index in [1.54, 1.807) is 66.7 Å². The molecule has 0 aliphatic carbocycles. The summed E-state index contributed by atoms with van der Waals surface area (Å²) in [6.07, 6.45) is 1.22. The Morgan fingerprint density at radius 3 is 1.88 bits per heavy atom. The molecule has 0 bridgehead atoms. The molecular weight excluding hydrogens is 404 g/mol. The van der Waals surface area contributed by atoms with Gasteiger partial charge in [0.2, 0.25) is 11.8 Å². The van der Waals surface area contributed by atoms with Crippen LogP contribution < -0.4 is 21.3 Å². The summed E-state index contributed by atoms with van der Waals surface area (Å²) in [4.78, 5) is 36.4. The lowest BCUT2D eigenvalue weighted by Gasteiger charge is -2.11. The van der Waals surface area contributed by atoms with Crippen molar-refractivity contribution in [1.82, 2.24) is 0 Å². The smallest absolute Gasteiger partial charge is 0.255 e. The minimum absolute atomic E-state index is 0.0442. The third kappa shape index (κ3) is 6.98. The Balaban J connectivity index is 1.52. The third-order valence-corrected chi connectivity index (χ3v) is 4.52. The number of nitrogens with one attached hydrogen (secondary N) is 4. The third-order valence-electron chi connectivity index (χ3n) is 4.52. The van der Waals surface area contributed by atoms with E-state index in [2.05, 4.69) is 21.3 Å². The van der Waals surface area contributed by atoms with Gasteiger partial charge in [-0.25, -0.2) is 0 Å². The van der Waals surface area contributed by atoms with Gasteiger partial charge in [-0.3, -0.25) is 14.4 Å². The van der Waals surface area contributed by atoms with Crippen LogP contribution in [0, 0.1) is 0 Å². The maximum absolute atomic E-state index is 12.3. The molecule has 4 N–H and O–H groups in total. The molecule has 0 fully saturated rings. The first-order chi connectivity index (χ1) is 15.5. The average molecular weight is 431 g/mol. The van der Waals surface area contributed by atoms with Crippen molar-refractivity contribution in [1.29, 1.82) is 0 Å². The van der Waals surface area contributed by atoms with Gasteiger partial charge in [0.05, 0.1) is 6.54 Å². The van der Waals surface area contributed by atoms with Crippen LogP contribution in [0.3, 0.4) is 0 Å². The molecule has 0 aromatic heterocycles.